The first-order valence-corrected chi connectivity index (χ1v) is 6.68. The van der Waals surface area contributed by atoms with E-state index in [0.29, 0.717) is 13.0 Å². The van der Waals surface area contributed by atoms with Crippen molar-refractivity contribution in [2.24, 2.45) is 0 Å². The predicted octanol–water partition coefficient (Wildman–Crippen LogP) is 2.78. The molecule has 0 bridgehead atoms. The van der Waals surface area contributed by atoms with Crippen LogP contribution < -0.4 is 15.4 Å². The van der Waals surface area contributed by atoms with Gasteiger partial charge in [0.25, 0.3) is 0 Å². The summed E-state index contributed by atoms with van der Waals surface area (Å²) in [5.41, 5.74) is 0.929. The molecule has 0 saturated heterocycles. The molecule has 18 heavy (non-hydrogen) atoms. The van der Waals surface area contributed by atoms with Crippen LogP contribution in [0.5, 0.6) is 5.75 Å². The number of halogens is 1. The second kappa shape index (κ2) is 7.26. The molecule has 0 unspecified atom stereocenters. The van der Waals surface area contributed by atoms with Crippen LogP contribution in [-0.4, -0.2) is 25.6 Å². The van der Waals surface area contributed by atoms with Crippen LogP contribution in [0.15, 0.2) is 22.7 Å². The van der Waals surface area contributed by atoms with E-state index in [1.807, 2.05) is 32.0 Å². The molecule has 4 nitrogen and oxygen atoms in total. The molecule has 1 aromatic carbocycles. The van der Waals surface area contributed by atoms with Gasteiger partial charge in [-0.2, -0.15) is 0 Å². The van der Waals surface area contributed by atoms with Gasteiger partial charge in [0, 0.05) is 35.2 Å². The smallest absolute Gasteiger partial charge is 0.221 e. The van der Waals surface area contributed by atoms with Crippen molar-refractivity contribution in [3.8, 4) is 5.75 Å². The largest absolute Gasteiger partial charge is 0.497 e. The number of methoxy groups -OCH3 is 1. The lowest BCUT2D eigenvalue weighted by molar-refractivity contribution is -0.121. The molecule has 0 aromatic heterocycles. The zero-order valence-corrected chi connectivity index (χ0v) is 12.5. The first kappa shape index (κ1) is 14.8. The van der Waals surface area contributed by atoms with Crippen molar-refractivity contribution in [2.75, 3.05) is 19.0 Å². The molecular formula is C13H19BrN2O2. The van der Waals surface area contributed by atoms with Crippen molar-refractivity contribution >= 4 is 27.5 Å². The zero-order valence-electron chi connectivity index (χ0n) is 10.9. The van der Waals surface area contributed by atoms with Gasteiger partial charge in [0.1, 0.15) is 5.75 Å². The minimum Gasteiger partial charge on any atom is -0.497 e. The van der Waals surface area contributed by atoms with E-state index in [2.05, 4.69) is 26.6 Å². The normalized spacial score (nSPS) is 10.3. The van der Waals surface area contributed by atoms with E-state index in [1.165, 1.54) is 0 Å². The molecule has 0 aliphatic heterocycles. The molecule has 1 aromatic rings. The molecule has 1 rings (SSSR count). The molecule has 0 fully saturated rings. The summed E-state index contributed by atoms with van der Waals surface area (Å²) in [5.74, 6) is 0.831. The van der Waals surface area contributed by atoms with Crippen molar-refractivity contribution in [3.63, 3.8) is 0 Å². The average Bonchev–Trinajstić information content (AvgIpc) is 2.27. The van der Waals surface area contributed by atoms with Gasteiger partial charge in [0.05, 0.1) is 7.11 Å². The van der Waals surface area contributed by atoms with Gasteiger partial charge in [-0.3, -0.25) is 4.79 Å². The highest BCUT2D eigenvalue weighted by Gasteiger charge is 2.03. The third kappa shape index (κ3) is 5.40. The zero-order chi connectivity index (χ0) is 13.5. The van der Waals surface area contributed by atoms with E-state index < -0.39 is 0 Å². The van der Waals surface area contributed by atoms with Crippen LogP contribution >= 0.6 is 15.9 Å². The number of hydrogen-bond donors (Lipinski definition) is 2. The molecule has 0 aliphatic rings. The van der Waals surface area contributed by atoms with Crippen LogP contribution in [0.4, 0.5) is 5.69 Å². The second-order valence-electron chi connectivity index (χ2n) is 4.28. The Hall–Kier alpha value is -1.23. The number of hydrogen-bond acceptors (Lipinski definition) is 3. The van der Waals surface area contributed by atoms with Crippen molar-refractivity contribution in [2.45, 2.75) is 26.3 Å². The van der Waals surface area contributed by atoms with Gasteiger partial charge in [-0.1, -0.05) is 15.9 Å². The van der Waals surface area contributed by atoms with Crippen molar-refractivity contribution in [3.05, 3.63) is 22.7 Å². The van der Waals surface area contributed by atoms with E-state index in [1.54, 1.807) is 7.11 Å². The van der Waals surface area contributed by atoms with Crippen molar-refractivity contribution in [1.82, 2.24) is 5.32 Å². The predicted molar refractivity (Wildman–Crippen MR) is 77.1 cm³/mol. The molecule has 0 aliphatic carbocycles. The topological polar surface area (TPSA) is 50.4 Å². The summed E-state index contributed by atoms with van der Waals surface area (Å²) >= 11 is 3.41. The third-order valence-corrected chi connectivity index (χ3v) is 2.70. The van der Waals surface area contributed by atoms with Crippen LogP contribution in [-0.2, 0) is 4.79 Å². The van der Waals surface area contributed by atoms with E-state index in [4.69, 9.17) is 4.74 Å². The molecule has 0 saturated carbocycles. The lowest BCUT2D eigenvalue weighted by atomic mass is 10.3. The third-order valence-electron chi connectivity index (χ3n) is 2.24. The molecule has 0 radical (unpaired) electrons. The summed E-state index contributed by atoms with van der Waals surface area (Å²) in [6.45, 7) is 4.49. The number of amides is 1. The first-order chi connectivity index (χ1) is 8.51. The van der Waals surface area contributed by atoms with Crippen molar-refractivity contribution in [1.29, 1.82) is 0 Å². The first-order valence-electron chi connectivity index (χ1n) is 5.89. The molecule has 2 N–H and O–H groups in total. The van der Waals surface area contributed by atoms with Gasteiger partial charge in [-0.15, -0.1) is 0 Å². The van der Waals surface area contributed by atoms with E-state index in [9.17, 15) is 4.79 Å². The Labute approximate surface area is 116 Å². The summed E-state index contributed by atoms with van der Waals surface area (Å²) in [6, 6.07) is 5.91. The lowest BCUT2D eigenvalue weighted by Gasteiger charge is -2.10. The van der Waals surface area contributed by atoms with Crippen LogP contribution in [0.25, 0.3) is 0 Å². The fourth-order valence-electron chi connectivity index (χ4n) is 1.50. The number of ether oxygens (including phenoxy) is 1. The van der Waals surface area contributed by atoms with Gasteiger partial charge in [-0.25, -0.2) is 0 Å². The monoisotopic (exact) mass is 314 g/mol. The summed E-state index contributed by atoms with van der Waals surface area (Å²) in [7, 11) is 1.63. The fraction of sp³-hybridized carbons (Fsp3) is 0.462. The minimum absolute atomic E-state index is 0.0551. The number of carbonyl (C=O) groups is 1. The van der Waals surface area contributed by atoms with Gasteiger partial charge < -0.3 is 15.4 Å². The maximum Gasteiger partial charge on any atom is 0.221 e. The van der Waals surface area contributed by atoms with Crippen LogP contribution in [0.1, 0.15) is 20.3 Å². The van der Waals surface area contributed by atoms with Crippen LogP contribution in [0.2, 0.25) is 0 Å². The Balaban J connectivity index is 2.44. The average molecular weight is 315 g/mol. The maximum absolute atomic E-state index is 11.4. The molecule has 1 amide bonds. The molecule has 0 heterocycles. The standard InChI is InChI=1S/C13H19BrN2O2/c1-9(2)16-13(17)4-5-15-11-6-10(14)7-12(8-11)18-3/h6-9,15H,4-5H2,1-3H3,(H,16,17). The lowest BCUT2D eigenvalue weighted by Crippen LogP contribution is -2.31. The molecule has 5 heteroatoms. The number of anilines is 1. The summed E-state index contributed by atoms with van der Waals surface area (Å²) < 4.78 is 6.11. The molecule has 100 valence electrons. The quantitative estimate of drug-likeness (QED) is 0.849. The summed E-state index contributed by atoms with van der Waals surface area (Å²) in [6.07, 6.45) is 0.451. The van der Waals surface area contributed by atoms with E-state index in [-0.39, 0.29) is 11.9 Å². The Morgan fingerprint density at radius 2 is 2.11 bits per heavy atom. The molecular weight excluding hydrogens is 296 g/mol. The van der Waals surface area contributed by atoms with Gasteiger partial charge in [0.15, 0.2) is 0 Å². The molecule has 0 spiro atoms. The Morgan fingerprint density at radius 1 is 1.39 bits per heavy atom. The van der Waals surface area contributed by atoms with Gasteiger partial charge >= 0.3 is 0 Å². The van der Waals surface area contributed by atoms with Crippen LogP contribution in [0, 0.1) is 0 Å². The Morgan fingerprint density at radius 3 is 2.72 bits per heavy atom. The summed E-state index contributed by atoms with van der Waals surface area (Å²) in [4.78, 5) is 11.4. The highest BCUT2D eigenvalue weighted by atomic mass is 79.9. The van der Waals surface area contributed by atoms with E-state index in [0.717, 1.165) is 15.9 Å². The number of nitrogens with one attached hydrogen (secondary N) is 2. The van der Waals surface area contributed by atoms with E-state index >= 15 is 0 Å². The highest BCUT2D eigenvalue weighted by Crippen LogP contribution is 2.24. The Bertz CT molecular complexity index is 408. The number of carbonyl (C=O) groups excluding carboxylic acids is 1. The fourth-order valence-corrected chi connectivity index (χ4v) is 1.97. The second-order valence-corrected chi connectivity index (χ2v) is 5.19. The highest BCUT2D eigenvalue weighted by molar-refractivity contribution is 9.10. The minimum atomic E-state index is 0.0551. The SMILES string of the molecule is COc1cc(Br)cc(NCCC(=O)NC(C)C)c1. The summed E-state index contributed by atoms with van der Waals surface area (Å²) in [5, 5.41) is 6.04. The van der Waals surface area contributed by atoms with Crippen LogP contribution in [0.3, 0.4) is 0 Å². The maximum atomic E-state index is 11.4. The van der Waals surface area contributed by atoms with Gasteiger partial charge in [0.2, 0.25) is 5.91 Å². The molecule has 0 atom stereocenters. The van der Waals surface area contributed by atoms with Crippen molar-refractivity contribution < 1.29 is 9.53 Å². The number of benzene rings is 1. The Kier molecular flexibility index (Phi) is 5.98. The van der Waals surface area contributed by atoms with Gasteiger partial charge in [-0.05, 0) is 26.0 Å². The number of rotatable bonds is 6.